The lowest BCUT2D eigenvalue weighted by Crippen LogP contribution is -2.43. The van der Waals surface area contributed by atoms with Gasteiger partial charge in [0, 0.05) is 43.4 Å². The molecular weight excluding hydrogens is 452 g/mol. The third-order valence-corrected chi connectivity index (χ3v) is 7.18. The van der Waals surface area contributed by atoms with Crippen molar-refractivity contribution < 1.29 is 14.5 Å². The van der Waals surface area contributed by atoms with Crippen LogP contribution in [0.1, 0.15) is 21.5 Å². The quantitative estimate of drug-likeness (QED) is 0.387. The molecule has 0 atom stereocenters. The summed E-state index contributed by atoms with van der Waals surface area (Å²) in [5, 5.41) is 12.5. The second-order valence-corrected chi connectivity index (χ2v) is 9.04. The third kappa shape index (κ3) is 4.47. The van der Waals surface area contributed by atoms with Crippen molar-refractivity contribution in [3.63, 3.8) is 0 Å². The van der Waals surface area contributed by atoms with Gasteiger partial charge in [0.2, 0.25) is 0 Å². The molecule has 32 heavy (non-hydrogen) atoms. The van der Waals surface area contributed by atoms with Crippen molar-refractivity contribution in [3.8, 4) is 0 Å². The van der Waals surface area contributed by atoms with Crippen LogP contribution in [0.25, 0.3) is 10.2 Å². The lowest BCUT2D eigenvalue weighted by molar-refractivity contribution is -0.385. The first-order valence-electron chi connectivity index (χ1n) is 10.3. The number of thiazole rings is 1. The number of anilines is 1. The van der Waals surface area contributed by atoms with E-state index in [-0.39, 0.29) is 11.6 Å². The fraction of sp³-hybridized carbons (Fsp3) is 0.364. The van der Waals surface area contributed by atoms with E-state index in [0.717, 1.165) is 28.9 Å². The summed E-state index contributed by atoms with van der Waals surface area (Å²) in [6.45, 7) is 7.51. The first kappa shape index (κ1) is 22.6. The van der Waals surface area contributed by atoms with Crippen LogP contribution in [0, 0.1) is 24.0 Å². The molecule has 1 aliphatic heterocycles. The van der Waals surface area contributed by atoms with Crippen molar-refractivity contribution in [2.75, 3.05) is 44.3 Å². The van der Waals surface area contributed by atoms with Gasteiger partial charge in [-0.1, -0.05) is 35.1 Å². The summed E-state index contributed by atoms with van der Waals surface area (Å²) in [6, 6.07) is 8.30. The molecule has 0 bridgehead atoms. The lowest BCUT2D eigenvalue weighted by atomic mass is 10.1. The number of benzene rings is 2. The number of aryl methyl sites for hydroxylation is 1. The Morgan fingerprint density at radius 3 is 2.72 bits per heavy atom. The van der Waals surface area contributed by atoms with E-state index in [9.17, 15) is 14.9 Å². The Morgan fingerprint density at radius 2 is 2.03 bits per heavy atom. The number of hydrogen-bond donors (Lipinski definition) is 0. The number of rotatable bonds is 6. The molecule has 0 radical (unpaired) electrons. The highest BCUT2D eigenvalue weighted by molar-refractivity contribution is 7.23. The van der Waals surface area contributed by atoms with Crippen LogP contribution in [0.15, 0.2) is 30.3 Å². The van der Waals surface area contributed by atoms with Crippen LogP contribution in [0.5, 0.6) is 0 Å². The van der Waals surface area contributed by atoms with E-state index < -0.39 is 4.92 Å². The summed E-state index contributed by atoms with van der Waals surface area (Å²) in [5.41, 5.74) is 2.29. The fourth-order valence-corrected chi connectivity index (χ4v) is 5.10. The van der Waals surface area contributed by atoms with E-state index in [0.29, 0.717) is 47.6 Å². The molecule has 1 saturated heterocycles. The number of morpholine rings is 1. The molecule has 1 aromatic heterocycles. The molecule has 3 aromatic rings. The van der Waals surface area contributed by atoms with Gasteiger partial charge in [-0.05, 0) is 31.5 Å². The second-order valence-electron chi connectivity index (χ2n) is 7.66. The smallest absolute Gasteiger partial charge is 0.273 e. The minimum atomic E-state index is -0.467. The molecule has 2 aromatic carbocycles. The van der Waals surface area contributed by atoms with Crippen molar-refractivity contribution in [2.24, 2.45) is 0 Å². The number of nitrogens with zero attached hydrogens (tertiary/aromatic N) is 4. The van der Waals surface area contributed by atoms with E-state index in [1.165, 1.54) is 23.5 Å². The SMILES string of the molecule is Cc1c(C(=O)N(CCN2CCOCC2)c2nc3c(C)ccc(Cl)c3s2)cccc1[N+](=O)[O-]. The highest BCUT2D eigenvalue weighted by Gasteiger charge is 2.27. The molecule has 1 aliphatic rings. The van der Waals surface area contributed by atoms with Crippen LogP contribution in [0.3, 0.4) is 0 Å². The third-order valence-electron chi connectivity index (χ3n) is 5.64. The summed E-state index contributed by atoms with van der Waals surface area (Å²) in [6.07, 6.45) is 0. The molecule has 2 heterocycles. The van der Waals surface area contributed by atoms with Gasteiger partial charge in [-0.2, -0.15) is 0 Å². The zero-order valence-electron chi connectivity index (χ0n) is 17.8. The van der Waals surface area contributed by atoms with Crippen molar-refractivity contribution in [1.82, 2.24) is 9.88 Å². The van der Waals surface area contributed by atoms with Gasteiger partial charge < -0.3 is 4.74 Å². The predicted molar refractivity (Wildman–Crippen MR) is 126 cm³/mol. The van der Waals surface area contributed by atoms with Gasteiger partial charge >= 0.3 is 0 Å². The summed E-state index contributed by atoms with van der Waals surface area (Å²) < 4.78 is 6.24. The first-order valence-corrected chi connectivity index (χ1v) is 11.5. The molecule has 1 fully saturated rings. The lowest BCUT2D eigenvalue weighted by Gasteiger charge is -2.29. The Bertz CT molecular complexity index is 1140. The van der Waals surface area contributed by atoms with Crippen LogP contribution in [-0.2, 0) is 4.74 Å². The van der Waals surface area contributed by atoms with E-state index >= 15 is 0 Å². The number of fused-ring (bicyclic) bond motifs is 1. The maximum Gasteiger partial charge on any atom is 0.273 e. The predicted octanol–water partition coefficient (Wildman–Crippen LogP) is 4.45. The van der Waals surface area contributed by atoms with Gasteiger partial charge in [-0.25, -0.2) is 4.98 Å². The number of aromatic nitrogens is 1. The number of carbonyl (C=O) groups excluding carboxylic acids is 1. The molecule has 0 aliphatic carbocycles. The fourth-order valence-electron chi connectivity index (χ4n) is 3.75. The van der Waals surface area contributed by atoms with Crippen molar-refractivity contribution in [1.29, 1.82) is 0 Å². The Hall–Kier alpha value is -2.59. The first-order chi connectivity index (χ1) is 15.4. The topological polar surface area (TPSA) is 88.8 Å². The molecular formula is C22H23ClN4O4S. The number of hydrogen-bond acceptors (Lipinski definition) is 7. The Balaban J connectivity index is 1.73. The van der Waals surface area contributed by atoms with Gasteiger partial charge in [0.1, 0.15) is 0 Å². The van der Waals surface area contributed by atoms with Crippen molar-refractivity contribution in [3.05, 3.63) is 62.2 Å². The van der Waals surface area contributed by atoms with Gasteiger partial charge in [0.05, 0.1) is 33.4 Å². The molecule has 1 amide bonds. The highest BCUT2D eigenvalue weighted by Crippen LogP contribution is 2.36. The number of nitro groups is 1. The normalized spacial score (nSPS) is 14.6. The number of amides is 1. The average molecular weight is 475 g/mol. The van der Waals surface area contributed by atoms with Crippen LogP contribution in [-0.4, -0.2) is 60.1 Å². The molecule has 0 spiro atoms. The van der Waals surface area contributed by atoms with E-state index in [4.69, 9.17) is 21.3 Å². The number of ether oxygens (including phenoxy) is 1. The van der Waals surface area contributed by atoms with Gasteiger partial charge in [0.25, 0.3) is 11.6 Å². The average Bonchev–Trinajstić information content (AvgIpc) is 3.23. The Kier molecular flexibility index (Phi) is 6.71. The molecule has 4 rings (SSSR count). The molecule has 0 unspecified atom stereocenters. The second kappa shape index (κ2) is 9.50. The van der Waals surface area contributed by atoms with Crippen molar-refractivity contribution >= 4 is 49.9 Å². The highest BCUT2D eigenvalue weighted by atomic mass is 35.5. The molecule has 168 valence electrons. The Labute approximate surface area is 194 Å². The largest absolute Gasteiger partial charge is 0.379 e. The molecule has 0 N–H and O–H groups in total. The summed E-state index contributed by atoms with van der Waals surface area (Å²) in [7, 11) is 0. The monoisotopic (exact) mass is 474 g/mol. The molecule has 8 nitrogen and oxygen atoms in total. The van der Waals surface area contributed by atoms with Crippen LogP contribution >= 0.6 is 22.9 Å². The number of halogens is 1. The maximum absolute atomic E-state index is 13.7. The summed E-state index contributed by atoms with van der Waals surface area (Å²) >= 11 is 7.75. The van der Waals surface area contributed by atoms with E-state index in [2.05, 4.69) is 4.90 Å². The summed E-state index contributed by atoms with van der Waals surface area (Å²) in [4.78, 5) is 33.2. The van der Waals surface area contributed by atoms with Crippen LogP contribution in [0.2, 0.25) is 5.02 Å². The van der Waals surface area contributed by atoms with Crippen LogP contribution in [0.4, 0.5) is 10.8 Å². The van der Waals surface area contributed by atoms with E-state index in [1.54, 1.807) is 17.9 Å². The molecule has 0 saturated carbocycles. The number of nitro benzene ring substituents is 1. The van der Waals surface area contributed by atoms with E-state index in [1.807, 2.05) is 19.1 Å². The summed E-state index contributed by atoms with van der Waals surface area (Å²) in [5.74, 6) is -0.313. The van der Waals surface area contributed by atoms with Crippen molar-refractivity contribution in [2.45, 2.75) is 13.8 Å². The maximum atomic E-state index is 13.7. The number of carbonyl (C=O) groups is 1. The zero-order valence-corrected chi connectivity index (χ0v) is 19.4. The minimum Gasteiger partial charge on any atom is -0.379 e. The van der Waals surface area contributed by atoms with Gasteiger partial charge in [-0.3, -0.25) is 24.7 Å². The Morgan fingerprint density at radius 1 is 1.28 bits per heavy atom. The van der Waals surface area contributed by atoms with Crippen LogP contribution < -0.4 is 4.90 Å². The van der Waals surface area contributed by atoms with Gasteiger partial charge in [-0.15, -0.1) is 0 Å². The zero-order chi connectivity index (χ0) is 22.8. The van der Waals surface area contributed by atoms with Gasteiger partial charge in [0.15, 0.2) is 5.13 Å². The minimum absolute atomic E-state index is 0.0767. The standard InChI is InChI=1S/C22H23ClN4O4S/c1-14-6-7-17(23)20-19(14)24-22(32-20)26(9-8-25-10-12-31-13-11-25)21(28)16-4-3-5-18(15(16)2)27(29)30/h3-7H,8-13H2,1-2H3. The molecule has 10 heteroatoms.